The zero-order valence-corrected chi connectivity index (χ0v) is 6.24. The predicted molar refractivity (Wildman–Crippen MR) is 35.5 cm³/mol. The van der Waals surface area contributed by atoms with Gasteiger partial charge < -0.3 is 0 Å². The van der Waals surface area contributed by atoms with Gasteiger partial charge in [0, 0.05) is 7.05 Å². The molecular weight excluding hydrogens is 148 g/mol. The molecule has 0 radical (unpaired) electrons. The monoisotopic (exact) mass is 156 g/mol. The Hall–Kier alpha value is -1.43. The highest BCUT2D eigenvalue weighted by atomic mass is 16.6. The lowest BCUT2D eigenvalue weighted by atomic mass is 10.6. The topological polar surface area (TPSA) is 69.0 Å². The van der Waals surface area contributed by atoms with Gasteiger partial charge in [-0.25, -0.2) is 10.5 Å². The molecule has 1 aromatic rings. The molecule has 0 bridgehead atoms. The van der Waals surface area contributed by atoms with Gasteiger partial charge in [0.1, 0.15) is 6.33 Å². The van der Waals surface area contributed by atoms with Gasteiger partial charge in [-0.1, -0.05) is 0 Å². The predicted octanol–water partition coefficient (Wildman–Crippen LogP) is -0.894. The van der Waals surface area contributed by atoms with Crippen molar-refractivity contribution in [2.75, 3.05) is 7.11 Å². The molecule has 0 aliphatic carbocycles. The van der Waals surface area contributed by atoms with Crippen LogP contribution in [0.15, 0.2) is 6.33 Å². The van der Waals surface area contributed by atoms with E-state index in [9.17, 15) is 4.79 Å². The lowest BCUT2D eigenvalue weighted by molar-refractivity contribution is 0.0526. The van der Waals surface area contributed by atoms with E-state index >= 15 is 0 Å². The molecule has 0 atom stereocenters. The number of hydrogen-bond donors (Lipinski definition) is 1. The zero-order chi connectivity index (χ0) is 8.27. The Labute approximate surface area is 63.1 Å². The molecule has 1 aromatic heterocycles. The summed E-state index contributed by atoms with van der Waals surface area (Å²) in [5.41, 5.74) is 2.10. The van der Waals surface area contributed by atoms with Crippen molar-refractivity contribution >= 4 is 5.91 Å². The van der Waals surface area contributed by atoms with E-state index in [1.165, 1.54) is 18.1 Å². The maximum Gasteiger partial charge on any atom is 0.314 e. The summed E-state index contributed by atoms with van der Waals surface area (Å²) in [6.07, 6.45) is 1.44. The van der Waals surface area contributed by atoms with Crippen LogP contribution in [-0.4, -0.2) is 27.8 Å². The lowest BCUT2D eigenvalue weighted by Crippen LogP contribution is -2.23. The van der Waals surface area contributed by atoms with Crippen molar-refractivity contribution < 1.29 is 9.63 Å². The molecule has 0 aliphatic rings. The smallest absolute Gasteiger partial charge is 0.277 e. The summed E-state index contributed by atoms with van der Waals surface area (Å²) in [4.78, 5) is 19.0. The minimum Gasteiger partial charge on any atom is -0.277 e. The number of nitrogens with one attached hydrogen (secondary N) is 1. The summed E-state index contributed by atoms with van der Waals surface area (Å²) in [7, 11) is 3.03. The molecule has 1 heterocycles. The van der Waals surface area contributed by atoms with Crippen LogP contribution in [0.25, 0.3) is 0 Å². The molecule has 11 heavy (non-hydrogen) atoms. The number of hydrogen-bond acceptors (Lipinski definition) is 4. The van der Waals surface area contributed by atoms with Crippen molar-refractivity contribution in [3.05, 3.63) is 12.2 Å². The quantitative estimate of drug-likeness (QED) is 0.564. The maximum atomic E-state index is 10.9. The number of rotatable bonds is 2. The molecule has 1 amide bonds. The Morgan fingerprint density at radius 1 is 1.82 bits per heavy atom. The van der Waals surface area contributed by atoms with Crippen LogP contribution in [0.5, 0.6) is 0 Å². The Balaban J connectivity index is 2.69. The van der Waals surface area contributed by atoms with Crippen LogP contribution in [-0.2, 0) is 11.9 Å². The molecule has 0 spiro atoms. The second kappa shape index (κ2) is 3.11. The van der Waals surface area contributed by atoms with Gasteiger partial charge in [0.25, 0.3) is 0 Å². The molecular formula is C5H8N4O2. The maximum absolute atomic E-state index is 10.9. The second-order valence-corrected chi connectivity index (χ2v) is 1.88. The highest BCUT2D eigenvalue weighted by Crippen LogP contribution is 1.86. The Bertz CT molecular complexity index is 257. The highest BCUT2D eigenvalue weighted by Gasteiger charge is 2.08. The fraction of sp³-hybridized carbons (Fsp3) is 0.400. The van der Waals surface area contributed by atoms with Gasteiger partial charge in [0.05, 0.1) is 7.11 Å². The van der Waals surface area contributed by atoms with Crippen LogP contribution >= 0.6 is 0 Å². The van der Waals surface area contributed by atoms with Crippen LogP contribution < -0.4 is 5.48 Å². The largest absolute Gasteiger partial charge is 0.314 e. The van der Waals surface area contributed by atoms with Gasteiger partial charge in [-0.15, -0.1) is 5.10 Å². The first kappa shape index (κ1) is 7.67. The van der Waals surface area contributed by atoms with E-state index in [4.69, 9.17) is 0 Å². The number of hydroxylamine groups is 1. The number of amides is 1. The van der Waals surface area contributed by atoms with Crippen LogP contribution in [0.3, 0.4) is 0 Å². The first-order valence-corrected chi connectivity index (χ1v) is 2.93. The van der Waals surface area contributed by atoms with Crippen molar-refractivity contribution in [2.24, 2.45) is 7.05 Å². The van der Waals surface area contributed by atoms with E-state index < -0.39 is 5.91 Å². The lowest BCUT2D eigenvalue weighted by Gasteiger charge is -1.94. The van der Waals surface area contributed by atoms with Crippen molar-refractivity contribution in [1.82, 2.24) is 20.2 Å². The van der Waals surface area contributed by atoms with E-state index in [2.05, 4.69) is 20.4 Å². The van der Waals surface area contributed by atoms with Crippen LogP contribution in [0.4, 0.5) is 0 Å². The van der Waals surface area contributed by atoms with Gasteiger partial charge in [-0.2, -0.15) is 0 Å². The van der Waals surface area contributed by atoms with Gasteiger partial charge in [0.15, 0.2) is 0 Å². The van der Waals surface area contributed by atoms with Crippen LogP contribution in [0, 0.1) is 0 Å². The van der Waals surface area contributed by atoms with Crippen molar-refractivity contribution in [1.29, 1.82) is 0 Å². The van der Waals surface area contributed by atoms with Crippen LogP contribution in [0.1, 0.15) is 10.6 Å². The average Bonchev–Trinajstić information content (AvgIpc) is 2.36. The van der Waals surface area contributed by atoms with E-state index in [-0.39, 0.29) is 5.82 Å². The fourth-order valence-corrected chi connectivity index (χ4v) is 0.582. The molecule has 0 unspecified atom stereocenters. The minimum atomic E-state index is -0.451. The second-order valence-electron chi connectivity index (χ2n) is 1.88. The number of carbonyl (C=O) groups excluding carboxylic acids is 1. The molecule has 60 valence electrons. The summed E-state index contributed by atoms with van der Waals surface area (Å²) < 4.78 is 1.44. The fourth-order valence-electron chi connectivity index (χ4n) is 0.582. The Morgan fingerprint density at radius 2 is 2.55 bits per heavy atom. The van der Waals surface area contributed by atoms with E-state index in [0.717, 1.165) is 0 Å². The number of carbonyl (C=O) groups is 1. The van der Waals surface area contributed by atoms with Crippen molar-refractivity contribution in [3.8, 4) is 0 Å². The number of nitrogens with zero attached hydrogens (tertiary/aromatic N) is 3. The van der Waals surface area contributed by atoms with E-state index in [0.29, 0.717) is 0 Å². The molecule has 1 rings (SSSR count). The average molecular weight is 156 g/mol. The highest BCUT2D eigenvalue weighted by molar-refractivity contribution is 5.89. The summed E-state index contributed by atoms with van der Waals surface area (Å²) in [6.45, 7) is 0. The summed E-state index contributed by atoms with van der Waals surface area (Å²) >= 11 is 0. The van der Waals surface area contributed by atoms with Crippen molar-refractivity contribution in [2.45, 2.75) is 0 Å². The standard InChI is InChI=1S/C5H8N4O2/c1-9-3-6-4(7-9)5(10)8-11-2/h3H,1-2H3,(H,8,10). The van der Waals surface area contributed by atoms with E-state index in [1.54, 1.807) is 7.05 Å². The third-order valence-corrected chi connectivity index (χ3v) is 0.997. The van der Waals surface area contributed by atoms with Crippen molar-refractivity contribution in [3.63, 3.8) is 0 Å². The zero-order valence-electron chi connectivity index (χ0n) is 6.24. The third-order valence-electron chi connectivity index (χ3n) is 0.997. The molecule has 0 fully saturated rings. The Kier molecular flexibility index (Phi) is 2.17. The third kappa shape index (κ3) is 1.74. The van der Waals surface area contributed by atoms with Gasteiger partial charge in [-0.3, -0.25) is 14.3 Å². The molecule has 1 N–H and O–H groups in total. The Morgan fingerprint density at radius 3 is 3.00 bits per heavy atom. The summed E-state index contributed by atoms with van der Waals surface area (Å²) in [5, 5.41) is 3.74. The molecule has 0 aliphatic heterocycles. The van der Waals surface area contributed by atoms with Gasteiger partial charge in [-0.05, 0) is 0 Å². The van der Waals surface area contributed by atoms with Gasteiger partial charge >= 0.3 is 5.91 Å². The summed E-state index contributed by atoms with van der Waals surface area (Å²) in [5.74, 6) is -0.359. The van der Waals surface area contributed by atoms with E-state index in [1.807, 2.05) is 0 Å². The van der Waals surface area contributed by atoms with Gasteiger partial charge in [0.2, 0.25) is 5.82 Å². The summed E-state index contributed by atoms with van der Waals surface area (Å²) in [6, 6.07) is 0. The first-order chi connectivity index (χ1) is 5.24. The normalized spacial score (nSPS) is 9.64. The number of aryl methyl sites for hydroxylation is 1. The number of aromatic nitrogens is 3. The SMILES string of the molecule is CONC(=O)c1ncn(C)n1. The molecule has 0 saturated heterocycles. The molecule has 0 saturated carbocycles. The van der Waals surface area contributed by atoms with Crippen LogP contribution in [0.2, 0.25) is 0 Å². The molecule has 6 nitrogen and oxygen atoms in total. The molecule has 0 aromatic carbocycles. The first-order valence-electron chi connectivity index (χ1n) is 2.93. The minimum absolute atomic E-state index is 0.0920. The molecule has 6 heteroatoms.